The van der Waals surface area contributed by atoms with Crippen LogP contribution in [0.2, 0.25) is 0 Å². The highest BCUT2D eigenvalue weighted by Gasteiger charge is 2.29. The Kier molecular flexibility index (Phi) is 5.31. The molecule has 2 rings (SSSR count). The van der Waals surface area contributed by atoms with Crippen molar-refractivity contribution in [2.45, 2.75) is 45.2 Å². The molecule has 0 saturated carbocycles. The van der Waals surface area contributed by atoms with Crippen LogP contribution >= 0.6 is 0 Å². The number of aldehydes is 1. The van der Waals surface area contributed by atoms with Crippen LogP contribution in [0.15, 0.2) is 18.2 Å². The highest BCUT2D eigenvalue weighted by atomic mass is 16.6. The van der Waals surface area contributed by atoms with E-state index in [1.807, 2.05) is 18.7 Å². The second-order valence-corrected chi connectivity index (χ2v) is 5.82. The van der Waals surface area contributed by atoms with Crippen molar-refractivity contribution in [3.63, 3.8) is 0 Å². The predicted molar refractivity (Wildman–Crippen MR) is 83.6 cm³/mol. The molecule has 0 unspecified atom stereocenters. The fraction of sp³-hybridized carbons (Fsp3) is 0.500. The van der Waals surface area contributed by atoms with Crippen molar-refractivity contribution in [3.8, 4) is 5.75 Å². The van der Waals surface area contributed by atoms with E-state index in [0.717, 1.165) is 25.3 Å². The van der Waals surface area contributed by atoms with Crippen molar-refractivity contribution in [1.29, 1.82) is 0 Å². The molecule has 0 radical (unpaired) electrons. The smallest absolute Gasteiger partial charge is 0.270 e. The summed E-state index contributed by atoms with van der Waals surface area (Å²) in [5, 5.41) is 10.7. The van der Waals surface area contributed by atoms with Gasteiger partial charge in [-0.1, -0.05) is 0 Å². The Labute approximate surface area is 134 Å². The number of hydrogen-bond acceptors (Lipinski definition) is 5. The normalized spacial score (nSPS) is 20.9. The maximum Gasteiger partial charge on any atom is 0.270 e. The van der Waals surface area contributed by atoms with Crippen molar-refractivity contribution < 1.29 is 19.2 Å². The van der Waals surface area contributed by atoms with E-state index in [4.69, 9.17) is 4.74 Å². The predicted octanol–water partition coefficient (Wildman–Crippen LogP) is 2.58. The van der Waals surface area contributed by atoms with Gasteiger partial charge in [0, 0.05) is 24.2 Å². The van der Waals surface area contributed by atoms with Crippen molar-refractivity contribution in [3.05, 3.63) is 33.9 Å². The molecular formula is C16H20N2O5. The average Bonchev–Trinajstić information content (AvgIpc) is 2.52. The number of amides is 1. The molecule has 0 N–H and O–H groups in total. The summed E-state index contributed by atoms with van der Waals surface area (Å²) in [7, 11) is 0. The lowest BCUT2D eigenvalue weighted by Gasteiger charge is -2.39. The molecule has 23 heavy (non-hydrogen) atoms. The third-order valence-electron chi connectivity index (χ3n) is 4.16. The fourth-order valence-electron chi connectivity index (χ4n) is 3.00. The molecule has 0 aromatic heterocycles. The van der Waals surface area contributed by atoms with E-state index >= 15 is 0 Å². The molecule has 0 spiro atoms. The first-order valence-electron chi connectivity index (χ1n) is 7.61. The van der Waals surface area contributed by atoms with Crippen LogP contribution in [0.25, 0.3) is 0 Å². The molecule has 7 nitrogen and oxygen atoms in total. The van der Waals surface area contributed by atoms with E-state index in [2.05, 4.69) is 0 Å². The van der Waals surface area contributed by atoms with Crippen molar-refractivity contribution in [1.82, 2.24) is 4.90 Å². The van der Waals surface area contributed by atoms with Crippen molar-refractivity contribution in [2.24, 2.45) is 0 Å². The van der Waals surface area contributed by atoms with Gasteiger partial charge in [-0.2, -0.15) is 0 Å². The van der Waals surface area contributed by atoms with Crippen LogP contribution in [-0.2, 0) is 4.79 Å². The van der Waals surface area contributed by atoms with Crippen molar-refractivity contribution >= 4 is 17.9 Å². The molecule has 1 aliphatic heterocycles. The zero-order chi connectivity index (χ0) is 17.0. The maximum absolute atomic E-state index is 12.4. The minimum atomic E-state index is -0.584. The quantitative estimate of drug-likeness (QED) is 0.472. The summed E-state index contributed by atoms with van der Waals surface area (Å²) in [5.41, 5.74) is -0.129. The van der Waals surface area contributed by atoms with Gasteiger partial charge < -0.3 is 9.64 Å². The Balaban J connectivity index is 2.06. The average molecular weight is 320 g/mol. The van der Waals surface area contributed by atoms with Crippen LogP contribution in [-0.4, -0.2) is 40.7 Å². The van der Waals surface area contributed by atoms with Crippen molar-refractivity contribution in [2.75, 3.05) is 6.61 Å². The van der Waals surface area contributed by atoms with E-state index in [1.165, 1.54) is 12.1 Å². The molecule has 1 heterocycles. The van der Waals surface area contributed by atoms with Crippen LogP contribution in [0.5, 0.6) is 5.75 Å². The number of rotatable bonds is 5. The monoisotopic (exact) mass is 320 g/mol. The molecule has 2 atom stereocenters. The Morgan fingerprint density at radius 3 is 2.61 bits per heavy atom. The fourth-order valence-corrected chi connectivity index (χ4v) is 3.00. The van der Waals surface area contributed by atoms with Gasteiger partial charge in [-0.15, -0.1) is 0 Å². The van der Waals surface area contributed by atoms with Gasteiger partial charge in [0.1, 0.15) is 5.75 Å². The topological polar surface area (TPSA) is 89.8 Å². The van der Waals surface area contributed by atoms with Crippen LogP contribution in [0.4, 0.5) is 5.69 Å². The number of benzene rings is 1. The minimum Gasteiger partial charge on any atom is -0.483 e. The summed E-state index contributed by atoms with van der Waals surface area (Å²) in [4.78, 5) is 35.4. The number of piperidine rings is 1. The lowest BCUT2D eigenvalue weighted by atomic mass is 9.97. The number of likely N-dealkylation sites (tertiary alicyclic amines) is 1. The number of nitro benzene ring substituents is 1. The Morgan fingerprint density at radius 2 is 2.04 bits per heavy atom. The molecule has 124 valence electrons. The Bertz CT molecular complexity index is 606. The van der Waals surface area contributed by atoms with Gasteiger partial charge in [-0.05, 0) is 39.2 Å². The minimum absolute atomic E-state index is 0.0618. The van der Waals surface area contributed by atoms with E-state index < -0.39 is 4.92 Å². The molecule has 1 aromatic rings. The first-order valence-corrected chi connectivity index (χ1v) is 7.61. The van der Waals surface area contributed by atoms with Gasteiger partial charge in [0.05, 0.1) is 10.5 Å². The largest absolute Gasteiger partial charge is 0.483 e. The van der Waals surface area contributed by atoms with Crippen LogP contribution < -0.4 is 4.74 Å². The van der Waals surface area contributed by atoms with Gasteiger partial charge in [0.2, 0.25) is 0 Å². The molecular weight excluding hydrogens is 300 g/mol. The zero-order valence-electron chi connectivity index (χ0n) is 13.2. The summed E-state index contributed by atoms with van der Waals surface area (Å²) in [5.74, 6) is 0.0381. The first kappa shape index (κ1) is 16.9. The summed E-state index contributed by atoms with van der Waals surface area (Å²) >= 11 is 0. The molecule has 0 bridgehead atoms. The number of ether oxygens (including phenoxy) is 1. The van der Waals surface area contributed by atoms with E-state index in [9.17, 15) is 19.7 Å². The van der Waals surface area contributed by atoms with E-state index in [1.54, 1.807) is 0 Å². The van der Waals surface area contributed by atoms with Gasteiger partial charge in [-0.3, -0.25) is 19.7 Å². The third-order valence-corrected chi connectivity index (χ3v) is 4.16. The van der Waals surface area contributed by atoms with Gasteiger partial charge in [0.15, 0.2) is 12.9 Å². The summed E-state index contributed by atoms with van der Waals surface area (Å²) in [6, 6.07) is 4.06. The van der Waals surface area contributed by atoms with Crippen LogP contribution in [0.1, 0.15) is 43.5 Å². The highest BCUT2D eigenvalue weighted by Crippen LogP contribution is 2.25. The number of nitro groups is 1. The summed E-state index contributed by atoms with van der Waals surface area (Å²) < 4.78 is 5.43. The Morgan fingerprint density at radius 1 is 1.39 bits per heavy atom. The zero-order valence-corrected chi connectivity index (χ0v) is 13.2. The second-order valence-electron chi connectivity index (χ2n) is 5.82. The lowest BCUT2D eigenvalue weighted by Crippen LogP contribution is -2.49. The summed E-state index contributed by atoms with van der Waals surface area (Å²) in [6.45, 7) is 3.83. The molecule has 1 aliphatic rings. The first-order chi connectivity index (χ1) is 10.9. The van der Waals surface area contributed by atoms with Gasteiger partial charge >= 0.3 is 0 Å². The maximum atomic E-state index is 12.4. The molecule has 1 amide bonds. The molecule has 1 fully saturated rings. The number of carbonyl (C=O) groups is 2. The lowest BCUT2D eigenvalue weighted by molar-refractivity contribution is -0.384. The second kappa shape index (κ2) is 7.21. The number of hydrogen-bond donors (Lipinski definition) is 0. The Hall–Kier alpha value is -2.44. The number of nitrogens with zero attached hydrogens (tertiary/aromatic N) is 2. The van der Waals surface area contributed by atoms with Gasteiger partial charge in [-0.25, -0.2) is 0 Å². The highest BCUT2D eigenvalue weighted by molar-refractivity contribution is 5.82. The third kappa shape index (κ3) is 3.85. The number of non-ortho nitro benzene ring substituents is 1. The van der Waals surface area contributed by atoms with Crippen LogP contribution in [0, 0.1) is 10.1 Å². The molecule has 0 aliphatic carbocycles. The summed E-state index contributed by atoms with van der Waals surface area (Å²) in [6.07, 6.45) is 3.52. The standard InChI is InChI=1S/C16H20N2O5/c1-11-4-3-5-12(2)17(11)16(20)10-23-15-7-6-14(18(21)22)8-13(15)9-19/h6-9,11-12H,3-5,10H2,1-2H3/t11-,12-/m1/s1. The number of carbonyl (C=O) groups excluding carboxylic acids is 2. The molecule has 7 heteroatoms. The molecule has 1 saturated heterocycles. The molecule has 1 aromatic carbocycles. The van der Waals surface area contributed by atoms with E-state index in [-0.39, 0.29) is 41.6 Å². The van der Waals surface area contributed by atoms with Gasteiger partial charge in [0.25, 0.3) is 11.6 Å². The van der Waals surface area contributed by atoms with E-state index in [0.29, 0.717) is 6.29 Å². The SMILES string of the molecule is C[C@@H]1CCC[C@@H](C)N1C(=O)COc1ccc([N+](=O)[O-])cc1C=O. The van der Waals surface area contributed by atoms with Crippen LogP contribution in [0.3, 0.4) is 0 Å².